The number of thiazole rings is 1. The van der Waals surface area contributed by atoms with Crippen molar-refractivity contribution in [2.45, 2.75) is 19.4 Å². The van der Waals surface area contributed by atoms with E-state index >= 15 is 0 Å². The van der Waals surface area contributed by atoms with Gasteiger partial charge in [0, 0.05) is 16.6 Å². The highest BCUT2D eigenvalue weighted by Gasteiger charge is 2.18. The molecular weight excluding hydrogens is 434 g/mol. The van der Waals surface area contributed by atoms with E-state index in [0.717, 1.165) is 5.56 Å². The maximum Gasteiger partial charge on any atom is 0.271 e. The molecule has 1 amide bonds. The monoisotopic (exact) mass is 453 g/mol. The highest BCUT2D eigenvalue weighted by molar-refractivity contribution is 7.15. The standard InChI is InChI=1S/C23H20ClN3O3S/c1-2-17(30-18-10-6-9-16(24)11-18)12-25-21(28)19-13-26-23-27(22(19)29)20(14-31-23)15-7-4-3-5-8-15/h3-11,13-14,17H,2,12H2,1H3,(H,25,28). The number of hydrogen-bond donors (Lipinski definition) is 1. The largest absolute Gasteiger partial charge is 0.489 e. The molecule has 6 nitrogen and oxygen atoms in total. The van der Waals surface area contributed by atoms with Crippen LogP contribution in [-0.4, -0.2) is 27.9 Å². The SMILES string of the molecule is CCC(CNC(=O)c1cnc2scc(-c3ccccc3)n2c1=O)Oc1cccc(Cl)c1. The lowest BCUT2D eigenvalue weighted by atomic mass is 10.2. The average molecular weight is 454 g/mol. The van der Waals surface area contributed by atoms with Gasteiger partial charge in [-0.2, -0.15) is 0 Å². The number of amides is 1. The second-order valence-electron chi connectivity index (χ2n) is 6.90. The number of ether oxygens (including phenoxy) is 1. The fourth-order valence-corrected chi connectivity index (χ4v) is 4.20. The van der Waals surface area contributed by atoms with E-state index in [1.54, 1.807) is 18.2 Å². The Hall–Kier alpha value is -3.16. The molecule has 0 aliphatic carbocycles. The van der Waals surface area contributed by atoms with Gasteiger partial charge < -0.3 is 10.1 Å². The predicted octanol–water partition coefficient (Wildman–Crippen LogP) is 4.66. The topological polar surface area (TPSA) is 72.7 Å². The lowest BCUT2D eigenvalue weighted by molar-refractivity contribution is 0.0924. The Morgan fingerprint density at radius 1 is 1.23 bits per heavy atom. The molecule has 2 aromatic heterocycles. The van der Waals surface area contributed by atoms with Gasteiger partial charge in [0.1, 0.15) is 17.4 Å². The molecule has 1 N–H and O–H groups in total. The number of fused-ring (bicyclic) bond motifs is 1. The Bertz CT molecular complexity index is 1270. The molecule has 2 aromatic carbocycles. The lowest BCUT2D eigenvalue weighted by Gasteiger charge is -2.18. The van der Waals surface area contributed by atoms with Gasteiger partial charge in [-0.15, -0.1) is 11.3 Å². The first-order valence-electron chi connectivity index (χ1n) is 9.82. The Morgan fingerprint density at radius 3 is 2.77 bits per heavy atom. The number of rotatable bonds is 7. The Balaban J connectivity index is 1.54. The van der Waals surface area contributed by atoms with Crippen molar-refractivity contribution in [2.24, 2.45) is 0 Å². The first-order valence-corrected chi connectivity index (χ1v) is 11.1. The number of benzene rings is 2. The molecular formula is C23H20ClN3O3S. The van der Waals surface area contributed by atoms with Gasteiger partial charge in [-0.1, -0.05) is 54.9 Å². The maximum absolute atomic E-state index is 13.1. The van der Waals surface area contributed by atoms with Crippen molar-refractivity contribution in [1.82, 2.24) is 14.7 Å². The summed E-state index contributed by atoms with van der Waals surface area (Å²) in [5.74, 6) is 0.146. The van der Waals surface area contributed by atoms with Crippen molar-refractivity contribution in [2.75, 3.05) is 6.54 Å². The summed E-state index contributed by atoms with van der Waals surface area (Å²) < 4.78 is 7.38. The zero-order valence-electron chi connectivity index (χ0n) is 16.7. The van der Waals surface area contributed by atoms with Gasteiger partial charge in [0.05, 0.1) is 12.2 Å². The molecule has 4 aromatic rings. The summed E-state index contributed by atoms with van der Waals surface area (Å²) in [5, 5.41) is 5.24. The molecule has 0 saturated heterocycles. The first-order chi connectivity index (χ1) is 15.1. The van der Waals surface area contributed by atoms with Crippen LogP contribution in [-0.2, 0) is 0 Å². The Morgan fingerprint density at radius 2 is 2.03 bits per heavy atom. The highest BCUT2D eigenvalue weighted by Crippen LogP contribution is 2.23. The summed E-state index contributed by atoms with van der Waals surface area (Å²) in [6.07, 6.45) is 1.74. The summed E-state index contributed by atoms with van der Waals surface area (Å²) in [5.41, 5.74) is 1.19. The van der Waals surface area contributed by atoms with E-state index in [9.17, 15) is 9.59 Å². The fourth-order valence-electron chi connectivity index (χ4n) is 3.16. The summed E-state index contributed by atoms with van der Waals surface area (Å²) in [6.45, 7) is 2.21. The minimum atomic E-state index is -0.481. The van der Waals surface area contributed by atoms with Gasteiger partial charge in [-0.05, 0) is 30.2 Å². The molecule has 8 heteroatoms. The predicted molar refractivity (Wildman–Crippen MR) is 123 cm³/mol. The van der Waals surface area contributed by atoms with E-state index in [2.05, 4.69) is 10.3 Å². The summed E-state index contributed by atoms with van der Waals surface area (Å²) in [6, 6.07) is 16.6. The van der Waals surface area contributed by atoms with Gasteiger partial charge in [0.15, 0.2) is 4.96 Å². The van der Waals surface area contributed by atoms with Crippen molar-refractivity contribution in [1.29, 1.82) is 0 Å². The molecule has 158 valence electrons. The van der Waals surface area contributed by atoms with E-state index in [1.165, 1.54) is 21.9 Å². The molecule has 0 saturated carbocycles. The summed E-state index contributed by atoms with van der Waals surface area (Å²) in [4.78, 5) is 30.7. The van der Waals surface area contributed by atoms with Crippen LogP contribution < -0.4 is 15.6 Å². The normalized spacial score (nSPS) is 11.9. The lowest BCUT2D eigenvalue weighted by Crippen LogP contribution is -2.38. The maximum atomic E-state index is 13.1. The molecule has 0 bridgehead atoms. The van der Waals surface area contributed by atoms with Gasteiger partial charge in [-0.25, -0.2) is 4.98 Å². The third kappa shape index (κ3) is 4.62. The fraction of sp³-hybridized carbons (Fsp3) is 0.174. The number of hydrogen-bond acceptors (Lipinski definition) is 5. The molecule has 0 aliphatic rings. The summed E-state index contributed by atoms with van der Waals surface area (Å²) in [7, 11) is 0. The molecule has 31 heavy (non-hydrogen) atoms. The minimum absolute atomic E-state index is 0.00862. The minimum Gasteiger partial charge on any atom is -0.489 e. The second-order valence-corrected chi connectivity index (χ2v) is 8.17. The Labute approximate surface area is 188 Å². The number of nitrogens with zero attached hydrogens (tertiary/aromatic N) is 2. The molecule has 0 radical (unpaired) electrons. The Kier molecular flexibility index (Phi) is 6.34. The third-order valence-corrected chi connectivity index (χ3v) is 5.88. The van der Waals surface area contributed by atoms with Crippen LogP contribution in [0.4, 0.5) is 0 Å². The van der Waals surface area contributed by atoms with Crippen LogP contribution in [0.5, 0.6) is 5.75 Å². The van der Waals surface area contributed by atoms with Crippen LogP contribution in [0.25, 0.3) is 16.2 Å². The zero-order chi connectivity index (χ0) is 21.8. The van der Waals surface area contributed by atoms with Crippen molar-refractivity contribution in [3.63, 3.8) is 0 Å². The van der Waals surface area contributed by atoms with Crippen molar-refractivity contribution >= 4 is 33.8 Å². The van der Waals surface area contributed by atoms with E-state index in [4.69, 9.17) is 16.3 Å². The number of aromatic nitrogens is 2. The van der Waals surface area contributed by atoms with Crippen LogP contribution in [0.1, 0.15) is 23.7 Å². The molecule has 1 unspecified atom stereocenters. The van der Waals surface area contributed by atoms with Crippen molar-refractivity contribution in [3.8, 4) is 17.0 Å². The molecule has 0 spiro atoms. The number of nitrogens with one attached hydrogen (secondary N) is 1. The average Bonchev–Trinajstić information content (AvgIpc) is 3.22. The number of carbonyl (C=O) groups is 1. The molecule has 0 fully saturated rings. The van der Waals surface area contributed by atoms with Crippen LogP contribution in [0, 0.1) is 0 Å². The van der Waals surface area contributed by atoms with Gasteiger partial charge in [0.25, 0.3) is 11.5 Å². The third-order valence-electron chi connectivity index (χ3n) is 4.80. The van der Waals surface area contributed by atoms with Gasteiger partial charge in [0.2, 0.25) is 0 Å². The van der Waals surface area contributed by atoms with E-state index < -0.39 is 11.5 Å². The number of carbonyl (C=O) groups excluding carboxylic acids is 1. The van der Waals surface area contributed by atoms with Crippen LogP contribution >= 0.6 is 22.9 Å². The second kappa shape index (κ2) is 9.32. The molecule has 4 rings (SSSR count). The molecule has 1 atom stereocenters. The van der Waals surface area contributed by atoms with Crippen LogP contribution in [0.3, 0.4) is 0 Å². The quantitative estimate of drug-likeness (QED) is 0.441. The van der Waals surface area contributed by atoms with Crippen LogP contribution in [0.15, 0.2) is 71.0 Å². The van der Waals surface area contributed by atoms with E-state index in [-0.39, 0.29) is 18.2 Å². The van der Waals surface area contributed by atoms with Crippen molar-refractivity contribution < 1.29 is 9.53 Å². The number of halogens is 1. The van der Waals surface area contributed by atoms with E-state index in [0.29, 0.717) is 27.8 Å². The first kappa shape index (κ1) is 21.1. The van der Waals surface area contributed by atoms with Crippen molar-refractivity contribution in [3.05, 3.63) is 87.1 Å². The van der Waals surface area contributed by atoms with E-state index in [1.807, 2.05) is 48.7 Å². The zero-order valence-corrected chi connectivity index (χ0v) is 18.3. The molecule has 2 heterocycles. The highest BCUT2D eigenvalue weighted by atomic mass is 35.5. The smallest absolute Gasteiger partial charge is 0.271 e. The van der Waals surface area contributed by atoms with Gasteiger partial charge >= 0.3 is 0 Å². The van der Waals surface area contributed by atoms with Crippen LogP contribution in [0.2, 0.25) is 5.02 Å². The van der Waals surface area contributed by atoms with Gasteiger partial charge in [-0.3, -0.25) is 14.0 Å². The summed E-state index contributed by atoms with van der Waals surface area (Å²) >= 11 is 7.36. The molecule has 0 aliphatic heterocycles.